The highest BCUT2D eigenvalue weighted by atomic mass is 35.5. The first-order chi connectivity index (χ1) is 8.61. The van der Waals surface area contributed by atoms with E-state index in [1.807, 2.05) is 37.3 Å². The third kappa shape index (κ3) is 2.63. The molecule has 1 unspecified atom stereocenters. The van der Waals surface area contributed by atoms with Gasteiger partial charge in [0.2, 0.25) is 0 Å². The minimum atomic E-state index is -0.349. The van der Waals surface area contributed by atoms with Crippen molar-refractivity contribution < 1.29 is 4.74 Å². The predicted octanol–water partition coefficient (Wildman–Crippen LogP) is 3.10. The fraction of sp³-hybridized carbons (Fsp3) is 0.214. The Morgan fingerprint density at radius 2 is 2.11 bits per heavy atom. The second kappa shape index (κ2) is 5.38. The van der Waals surface area contributed by atoms with Crippen LogP contribution in [0, 0.1) is 6.92 Å². The van der Waals surface area contributed by atoms with Gasteiger partial charge < -0.3 is 10.5 Å². The molecular weight excluding hydrogens is 248 g/mol. The highest BCUT2D eigenvalue weighted by Gasteiger charge is 2.15. The number of rotatable bonds is 3. The van der Waals surface area contributed by atoms with Crippen LogP contribution in [0.2, 0.25) is 5.02 Å². The van der Waals surface area contributed by atoms with E-state index >= 15 is 0 Å². The Labute approximate surface area is 112 Å². The van der Waals surface area contributed by atoms with Crippen LogP contribution in [0.5, 0.6) is 5.75 Å². The van der Waals surface area contributed by atoms with Gasteiger partial charge in [0.25, 0.3) is 0 Å². The van der Waals surface area contributed by atoms with Crippen molar-refractivity contribution in [2.75, 3.05) is 7.11 Å². The summed E-state index contributed by atoms with van der Waals surface area (Å²) >= 11 is 6.05. The van der Waals surface area contributed by atoms with Gasteiger partial charge in [-0.3, -0.25) is 4.98 Å². The molecular formula is C14H15ClN2O. The molecule has 0 spiro atoms. The van der Waals surface area contributed by atoms with E-state index in [4.69, 9.17) is 22.1 Å². The van der Waals surface area contributed by atoms with Crippen molar-refractivity contribution in [3.63, 3.8) is 0 Å². The molecule has 1 heterocycles. The fourth-order valence-corrected chi connectivity index (χ4v) is 2.21. The molecule has 0 saturated heterocycles. The number of hydrogen-bond acceptors (Lipinski definition) is 3. The first kappa shape index (κ1) is 12.9. The molecule has 18 heavy (non-hydrogen) atoms. The molecule has 1 atom stereocenters. The molecule has 0 aliphatic heterocycles. The van der Waals surface area contributed by atoms with Gasteiger partial charge in [-0.1, -0.05) is 17.7 Å². The van der Waals surface area contributed by atoms with Crippen LogP contribution >= 0.6 is 11.6 Å². The second-order valence-corrected chi connectivity index (χ2v) is 4.57. The third-order valence-electron chi connectivity index (χ3n) is 2.74. The van der Waals surface area contributed by atoms with Crippen molar-refractivity contribution in [3.8, 4) is 5.75 Å². The van der Waals surface area contributed by atoms with Crippen LogP contribution in [0.15, 0.2) is 36.5 Å². The average molecular weight is 263 g/mol. The van der Waals surface area contributed by atoms with Crippen LogP contribution in [-0.2, 0) is 0 Å². The Balaban J connectivity index is 2.44. The van der Waals surface area contributed by atoms with E-state index in [0.717, 1.165) is 11.1 Å². The Kier molecular flexibility index (Phi) is 3.84. The monoisotopic (exact) mass is 262 g/mol. The molecule has 0 aliphatic rings. The van der Waals surface area contributed by atoms with E-state index in [0.29, 0.717) is 16.5 Å². The highest BCUT2D eigenvalue weighted by Crippen LogP contribution is 2.28. The van der Waals surface area contributed by atoms with Gasteiger partial charge in [-0.15, -0.1) is 0 Å². The second-order valence-electron chi connectivity index (χ2n) is 4.13. The predicted molar refractivity (Wildman–Crippen MR) is 73.0 cm³/mol. The quantitative estimate of drug-likeness (QED) is 0.925. The van der Waals surface area contributed by atoms with Crippen molar-refractivity contribution >= 4 is 11.6 Å². The number of nitrogens with two attached hydrogens (primary N) is 1. The van der Waals surface area contributed by atoms with Crippen LogP contribution in [0.4, 0.5) is 0 Å². The summed E-state index contributed by atoms with van der Waals surface area (Å²) < 4.78 is 5.27. The molecule has 94 valence electrons. The largest absolute Gasteiger partial charge is 0.495 e. The van der Waals surface area contributed by atoms with Crippen molar-refractivity contribution in [3.05, 3.63) is 58.4 Å². The molecule has 0 bridgehead atoms. The number of benzene rings is 1. The summed E-state index contributed by atoms with van der Waals surface area (Å²) in [6.45, 7) is 1.98. The van der Waals surface area contributed by atoms with Gasteiger partial charge in [0.15, 0.2) is 0 Å². The van der Waals surface area contributed by atoms with Crippen LogP contribution < -0.4 is 10.5 Å². The number of aromatic nitrogens is 1. The van der Waals surface area contributed by atoms with Gasteiger partial charge in [0.1, 0.15) is 11.4 Å². The number of aryl methyl sites for hydroxylation is 1. The van der Waals surface area contributed by atoms with Gasteiger partial charge in [-0.2, -0.15) is 0 Å². The van der Waals surface area contributed by atoms with Crippen LogP contribution in [0.25, 0.3) is 0 Å². The average Bonchev–Trinajstić information content (AvgIpc) is 2.36. The summed E-state index contributed by atoms with van der Waals surface area (Å²) in [5, 5.41) is 0.676. The number of halogens is 1. The summed E-state index contributed by atoms with van der Waals surface area (Å²) in [4.78, 5) is 4.29. The van der Waals surface area contributed by atoms with Gasteiger partial charge in [-0.05, 0) is 42.3 Å². The highest BCUT2D eigenvalue weighted by molar-refractivity contribution is 6.30. The van der Waals surface area contributed by atoms with Crippen molar-refractivity contribution in [1.82, 2.24) is 4.98 Å². The summed E-state index contributed by atoms with van der Waals surface area (Å²) in [6.07, 6.45) is 1.70. The lowest BCUT2D eigenvalue weighted by Gasteiger charge is -2.15. The lowest BCUT2D eigenvalue weighted by molar-refractivity contribution is 0.404. The Morgan fingerprint density at radius 1 is 1.33 bits per heavy atom. The maximum absolute atomic E-state index is 6.23. The molecule has 0 fully saturated rings. The minimum absolute atomic E-state index is 0.349. The lowest BCUT2D eigenvalue weighted by atomic mass is 10.0. The first-order valence-corrected chi connectivity index (χ1v) is 6.01. The van der Waals surface area contributed by atoms with Crippen molar-refractivity contribution in [2.24, 2.45) is 5.73 Å². The molecule has 1 aromatic heterocycles. The Hall–Kier alpha value is -1.58. The Bertz CT molecular complexity index is 537. The summed E-state index contributed by atoms with van der Waals surface area (Å²) in [6, 6.07) is 9.07. The molecule has 3 nitrogen and oxygen atoms in total. The lowest BCUT2D eigenvalue weighted by Crippen LogP contribution is -2.15. The zero-order valence-electron chi connectivity index (χ0n) is 10.4. The zero-order chi connectivity index (χ0) is 13.1. The molecule has 2 aromatic rings. The Morgan fingerprint density at radius 3 is 2.78 bits per heavy atom. The first-order valence-electron chi connectivity index (χ1n) is 5.63. The van der Waals surface area contributed by atoms with Crippen LogP contribution in [0.1, 0.15) is 22.9 Å². The van der Waals surface area contributed by atoms with Crippen molar-refractivity contribution in [2.45, 2.75) is 13.0 Å². The number of hydrogen-bond donors (Lipinski definition) is 1. The van der Waals surface area contributed by atoms with Crippen LogP contribution in [-0.4, -0.2) is 12.1 Å². The molecule has 0 saturated carbocycles. The smallest absolute Gasteiger partial charge is 0.142 e. The van der Waals surface area contributed by atoms with E-state index in [-0.39, 0.29) is 6.04 Å². The topological polar surface area (TPSA) is 48.1 Å². The van der Waals surface area contributed by atoms with E-state index in [9.17, 15) is 0 Å². The number of ether oxygens (including phenoxy) is 1. The number of methoxy groups -OCH3 is 1. The number of nitrogens with zero attached hydrogens (tertiary/aromatic N) is 1. The minimum Gasteiger partial charge on any atom is -0.495 e. The molecule has 2 rings (SSSR count). The maximum Gasteiger partial charge on any atom is 0.142 e. The van der Waals surface area contributed by atoms with E-state index in [1.165, 1.54) is 0 Å². The molecule has 4 heteroatoms. The normalized spacial score (nSPS) is 12.2. The summed E-state index contributed by atoms with van der Waals surface area (Å²) in [5.74, 6) is 0.683. The molecule has 0 aliphatic carbocycles. The van der Waals surface area contributed by atoms with E-state index < -0.39 is 0 Å². The molecule has 1 aromatic carbocycles. The van der Waals surface area contributed by atoms with Gasteiger partial charge in [0.05, 0.1) is 13.2 Å². The van der Waals surface area contributed by atoms with Gasteiger partial charge >= 0.3 is 0 Å². The summed E-state index contributed by atoms with van der Waals surface area (Å²) in [5.41, 5.74) is 8.94. The van der Waals surface area contributed by atoms with E-state index in [2.05, 4.69) is 4.98 Å². The standard InChI is InChI=1S/C14H15ClN2O/c1-9-6-10(8-11(15)7-9)13(16)14-12(18-2)4-3-5-17-14/h3-8,13H,16H2,1-2H3. The molecule has 2 N–H and O–H groups in total. The van der Waals surface area contributed by atoms with Gasteiger partial charge in [-0.25, -0.2) is 0 Å². The SMILES string of the molecule is COc1cccnc1C(N)c1cc(C)cc(Cl)c1. The van der Waals surface area contributed by atoms with E-state index in [1.54, 1.807) is 13.3 Å². The van der Waals surface area contributed by atoms with Gasteiger partial charge in [0, 0.05) is 11.2 Å². The van der Waals surface area contributed by atoms with Crippen LogP contribution in [0.3, 0.4) is 0 Å². The molecule has 0 amide bonds. The third-order valence-corrected chi connectivity index (χ3v) is 2.96. The van der Waals surface area contributed by atoms with Crippen molar-refractivity contribution in [1.29, 1.82) is 0 Å². The maximum atomic E-state index is 6.23. The number of pyridine rings is 1. The fourth-order valence-electron chi connectivity index (χ4n) is 1.91. The molecule has 0 radical (unpaired) electrons. The summed E-state index contributed by atoms with van der Waals surface area (Å²) in [7, 11) is 1.61. The zero-order valence-corrected chi connectivity index (χ0v) is 11.1.